The minimum atomic E-state index is -3.65. The molecule has 2 atom stereocenters. The molecule has 9 heteroatoms. The number of hydrogen-bond acceptors (Lipinski definition) is 7. The summed E-state index contributed by atoms with van der Waals surface area (Å²) in [4.78, 5) is 18.3. The molecule has 3 aromatic rings. The normalized spacial score (nSPS) is 16.1. The van der Waals surface area contributed by atoms with Crippen LogP contribution in [0.25, 0.3) is 0 Å². The van der Waals surface area contributed by atoms with Gasteiger partial charge in [-0.1, -0.05) is 42.5 Å². The van der Waals surface area contributed by atoms with Crippen LogP contribution in [0, 0.1) is 0 Å². The third kappa shape index (κ3) is 8.31. The van der Waals surface area contributed by atoms with Crippen LogP contribution in [-0.2, 0) is 31.9 Å². The molecule has 1 amide bonds. The van der Waals surface area contributed by atoms with E-state index in [1.807, 2.05) is 72.8 Å². The molecule has 1 N–H and O–H groups in total. The van der Waals surface area contributed by atoms with E-state index in [2.05, 4.69) is 11.4 Å². The average molecular weight is 539 g/mol. The monoisotopic (exact) mass is 538 g/mol. The maximum atomic E-state index is 12.3. The summed E-state index contributed by atoms with van der Waals surface area (Å²) in [5.41, 5.74) is 3.03. The summed E-state index contributed by atoms with van der Waals surface area (Å²) in [7, 11) is -3.65. The van der Waals surface area contributed by atoms with Crippen LogP contribution in [0.2, 0.25) is 0 Å². The van der Waals surface area contributed by atoms with Crippen molar-refractivity contribution in [3.8, 4) is 11.5 Å². The second kappa shape index (κ2) is 12.9. The van der Waals surface area contributed by atoms with E-state index in [1.54, 1.807) is 0 Å². The molecule has 0 aromatic heterocycles. The highest BCUT2D eigenvalue weighted by Crippen LogP contribution is 2.27. The van der Waals surface area contributed by atoms with Crippen LogP contribution in [-0.4, -0.2) is 45.9 Å². The summed E-state index contributed by atoms with van der Waals surface area (Å²) >= 11 is 0. The Morgan fingerprint density at radius 2 is 1.71 bits per heavy atom. The van der Waals surface area contributed by atoms with Gasteiger partial charge in [-0.3, -0.25) is 8.98 Å². The number of fused-ring (bicyclic) bond motifs is 1. The Labute approximate surface area is 224 Å². The number of hydroxylamine groups is 1. The SMILES string of the molecule is CC(=O)N(Oc1ccc2c(c1)CC(NCC(COc1ccccc1)OS(C)(=O)=O)CCC2)c1ccccc1. The maximum Gasteiger partial charge on any atom is 0.264 e. The third-order valence-electron chi connectivity index (χ3n) is 6.24. The Balaban J connectivity index is 1.42. The number of rotatable bonds is 11. The lowest BCUT2D eigenvalue weighted by molar-refractivity contribution is -0.120. The summed E-state index contributed by atoms with van der Waals surface area (Å²) in [5.74, 6) is 1.01. The van der Waals surface area contributed by atoms with Crippen molar-refractivity contribution in [2.45, 2.75) is 44.8 Å². The van der Waals surface area contributed by atoms with E-state index < -0.39 is 16.2 Å². The van der Waals surface area contributed by atoms with Crippen LogP contribution < -0.4 is 20.0 Å². The molecule has 38 heavy (non-hydrogen) atoms. The molecule has 0 saturated heterocycles. The molecule has 1 aliphatic carbocycles. The van der Waals surface area contributed by atoms with E-state index in [0.29, 0.717) is 23.7 Å². The van der Waals surface area contributed by atoms with Crippen LogP contribution in [0.5, 0.6) is 11.5 Å². The van der Waals surface area contributed by atoms with Gasteiger partial charge >= 0.3 is 0 Å². The van der Waals surface area contributed by atoms with Gasteiger partial charge in [-0.2, -0.15) is 8.42 Å². The molecule has 1 aliphatic rings. The predicted octanol–water partition coefficient (Wildman–Crippen LogP) is 4.29. The first-order valence-corrected chi connectivity index (χ1v) is 14.5. The van der Waals surface area contributed by atoms with Gasteiger partial charge in [-0.05, 0) is 73.2 Å². The van der Waals surface area contributed by atoms with E-state index >= 15 is 0 Å². The Kier molecular flexibility index (Phi) is 9.38. The molecule has 0 heterocycles. The fourth-order valence-corrected chi connectivity index (χ4v) is 5.13. The summed E-state index contributed by atoms with van der Waals surface area (Å²) in [6.45, 7) is 1.89. The quantitative estimate of drug-likeness (QED) is 0.221. The van der Waals surface area contributed by atoms with Crippen molar-refractivity contribution in [2.24, 2.45) is 0 Å². The molecule has 0 radical (unpaired) electrons. The Hall–Kier alpha value is -3.40. The van der Waals surface area contributed by atoms with Gasteiger partial charge in [0.05, 0.1) is 11.9 Å². The van der Waals surface area contributed by atoms with Gasteiger partial charge in [0.25, 0.3) is 16.0 Å². The first kappa shape index (κ1) is 27.6. The molecular formula is C29H34N2O6S. The van der Waals surface area contributed by atoms with Crippen molar-refractivity contribution in [1.82, 2.24) is 5.32 Å². The number of ether oxygens (including phenoxy) is 1. The number of nitrogens with one attached hydrogen (secondary N) is 1. The van der Waals surface area contributed by atoms with Crippen molar-refractivity contribution in [1.29, 1.82) is 0 Å². The van der Waals surface area contributed by atoms with Gasteiger partial charge in [0.1, 0.15) is 18.5 Å². The van der Waals surface area contributed by atoms with Crippen LogP contribution in [0.3, 0.4) is 0 Å². The molecule has 0 bridgehead atoms. The molecule has 0 aliphatic heterocycles. The fourth-order valence-electron chi connectivity index (χ4n) is 4.51. The summed E-state index contributed by atoms with van der Waals surface area (Å²) in [6.07, 6.45) is 3.97. The number of benzene rings is 3. The minimum Gasteiger partial charge on any atom is -0.491 e. The minimum absolute atomic E-state index is 0.103. The number of aryl methyl sites for hydroxylation is 1. The van der Waals surface area contributed by atoms with Gasteiger partial charge in [0.2, 0.25) is 0 Å². The highest BCUT2D eigenvalue weighted by molar-refractivity contribution is 7.86. The van der Waals surface area contributed by atoms with Crippen molar-refractivity contribution in [3.05, 3.63) is 90.0 Å². The first-order chi connectivity index (χ1) is 18.3. The number of amides is 1. The van der Waals surface area contributed by atoms with Crippen molar-refractivity contribution >= 4 is 21.7 Å². The summed E-state index contributed by atoms with van der Waals surface area (Å²) in [6, 6.07) is 24.5. The molecule has 3 aromatic carbocycles. The number of carbonyl (C=O) groups is 1. The topological polar surface area (TPSA) is 94.2 Å². The third-order valence-corrected chi connectivity index (χ3v) is 6.86. The lowest BCUT2D eigenvalue weighted by atomic mass is 10.0. The average Bonchev–Trinajstić information content (AvgIpc) is 3.10. The standard InChI is InChI=1S/C29H34N2O6S/c1-22(32)31(26-12-5-3-6-13-26)36-28-17-16-23-10-9-11-25(18-24(23)19-28)30-20-29(37-38(2,33)34)21-35-27-14-7-4-8-15-27/h3-8,12-17,19,25,29-30H,9-11,18,20-21H2,1-2H3. The summed E-state index contributed by atoms with van der Waals surface area (Å²) < 4.78 is 34.8. The van der Waals surface area contributed by atoms with Crippen molar-refractivity contribution < 1.29 is 27.0 Å². The van der Waals surface area contributed by atoms with Gasteiger partial charge < -0.3 is 14.9 Å². The molecule has 0 saturated carbocycles. The summed E-state index contributed by atoms with van der Waals surface area (Å²) in [5, 5.41) is 4.78. The molecular weight excluding hydrogens is 504 g/mol. The second-order valence-electron chi connectivity index (χ2n) is 9.42. The Morgan fingerprint density at radius 3 is 2.39 bits per heavy atom. The van der Waals surface area contributed by atoms with Crippen LogP contribution in [0.1, 0.15) is 30.9 Å². The molecule has 0 spiro atoms. The van der Waals surface area contributed by atoms with Crippen molar-refractivity contribution in [2.75, 3.05) is 24.5 Å². The smallest absolute Gasteiger partial charge is 0.264 e. The second-order valence-corrected chi connectivity index (χ2v) is 11.0. The number of hydrogen-bond donors (Lipinski definition) is 1. The van der Waals surface area contributed by atoms with Gasteiger partial charge in [-0.25, -0.2) is 0 Å². The number of nitrogens with zero attached hydrogens (tertiary/aromatic N) is 1. The van der Waals surface area contributed by atoms with E-state index in [9.17, 15) is 13.2 Å². The number of anilines is 1. The zero-order valence-corrected chi connectivity index (χ0v) is 22.5. The van der Waals surface area contributed by atoms with Crippen LogP contribution in [0.4, 0.5) is 5.69 Å². The first-order valence-electron chi connectivity index (χ1n) is 12.7. The highest BCUT2D eigenvalue weighted by Gasteiger charge is 2.22. The van der Waals surface area contributed by atoms with E-state index in [1.165, 1.54) is 17.6 Å². The largest absolute Gasteiger partial charge is 0.491 e. The zero-order chi connectivity index (χ0) is 27.0. The lowest BCUT2D eigenvalue weighted by Crippen LogP contribution is -2.41. The Morgan fingerprint density at radius 1 is 1.00 bits per heavy atom. The highest BCUT2D eigenvalue weighted by atomic mass is 32.2. The van der Waals surface area contributed by atoms with Crippen molar-refractivity contribution in [3.63, 3.8) is 0 Å². The molecule has 0 fully saturated rings. The maximum absolute atomic E-state index is 12.3. The predicted molar refractivity (Wildman–Crippen MR) is 147 cm³/mol. The zero-order valence-electron chi connectivity index (χ0n) is 21.7. The van der Waals surface area contributed by atoms with Crippen LogP contribution in [0.15, 0.2) is 78.9 Å². The van der Waals surface area contributed by atoms with Gasteiger partial charge in [0, 0.05) is 19.5 Å². The molecule has 202 valence electrons. The lowest BCUT2D eigenvalue weighted by Gasteiger charge is -2.23. The van der Waals surface area contributed by atoms with E-state index in [0.717, 1.165) is 37.5 Å². The fraction of sp³-hybridized carbons (Fsp3) is 0.345. The Bertz CT molecular complexity index is 1300. The molecule has 2 unspecified atom stereocenters. The van der Waals surface area contributed by atoms with Gasteiger partial charge in [-0.15, -0.1) is 5.06 Å². The molecule has 8 nitrogen and oxygen atoms in total. The van der Waals surface area contributed by atoms with E-state index in [-0.39, 0.29) is 18.6 Å². The van der Waals surface area contributed by atoms with E-state index in [4.69, 9.17) is 13.8 Å². The van der Waals surface area contributed by atoms with Crippen LogP contribution >= 0.6 is 0 Å². The molecule has 4 rings (SSSR count). The number of carbonyl (C=O) groups excluding carboxylic acids is 1. The number of para-hydroxylation sites is 2. The van der Waals surface area contributed by atoms with Gasteiger partial charge in [0.15, 0.2) is 5.75 Å².